The van der Waals surface area contributed by atoms with E-state index in [1.165, 1.54) is 0 Å². The van der Waals surface area contributed by atoms with Gasteiger partial charge < -0.3 is 10.6 Å². The summed E-state index contributed by atoms with van der Waals surface area (Å²) in [6.45, 7) is 0. The molecule has 1 aromatic carbocycles. The quantitative estimate of drug-likeness (QED) is 0.585. The largest absolute Gasteiger partial charge is 0.357 e. The zero-order valence-electron chi connectivity index (χ0n) is 12.2. The van der Waals surface area contributed by atoms with E-state index in [4.69, 9.17) is 11.6 Å². The summed E-state index contributed by atoms with van der Waals surface area (Å²) in [6, 6.07) is 13.3. The summed E-state index contributed by atoms with van der Waals surface area (Å²) in [4.78, 5) is 13.2. The number of pyridine rings is 1. The third-order valence-electron chi connectivity index (χ3n) is 3.07. The van der Waals surface area contributed by atoms with Crippen molar-refractivity contribution in [1.29, 1.82) is 0 Å². The molecule has 0 radical (unpaired) electrons. The van der Waals surface area contributed by atoms with Gasteiger partial charge in [-0.15, -0.1) is 0 Å². The highest BCUT2D eigenvalue weighted by Gasteiger charge is 2.08. The molecule has 2 N–H and O–H groups in total. The summed E-state index contributed by atoms with van der Waals surface area (Å²) in [7, 11) is 1.78. The fourth-order valence-electron chi connectivity index (χ4n) is 2.00. The van der Waals surface area contributed by atoms with Crippen LogP contribution in [0.2, 0.25) is 5.02 Å². The lowest BCUT2D eigenvalue weighted by atomic mass is 10.2. The van der Waals surface area contributed by atoms with E-state index in [9.17, 15) is 0 Å². The molecule has 2 aromatic heterocycles. The molecule has 5 nitrogen and oxygen atoms in total. The Balaban J connectivity index is 1.99. The normalized spacial score (nSPS) is 10.4. The SMILES string of the molecule is CNc1nc(Nc2ccc(I)cc2Cl)cc(-c2ccccn2)n1. The molecular formula is C16H13ClIN5. The van der Waals surface area contributed by atoms with Gasteiger partial charge in [-0.3, -0.25) is 4.98 Å². The summed E-state index contributed by atoms with van der Waals surface area (Å²) in [6.07, 6.45) is 1.74. The molecule has 0 amide bonds. The minimum absolute atomic E-state index is 0.511. The van der Waals surface area contributed by atoms with Gasteiger partial charge in [0.05, 0.1) is 22.1 Å². The molecule has 0 aliphatic rings. The Morgan fingerprint density at radius 3 is 2.61 bits per heavy atom. The van der Waals surface area contributed by atoms with Crippen LogP contribution >= 0.6 is 34.2 Å². The number of nitrogens with zero attached hydrogens (tertiary/aromatic N) is 3. The molecule has 23 heavy (non-hydrogen) atoms. The van der Waals surface area contributed by atoms with Gasteiger partial charge in [0, 0.05) is 22.9 Å². The Morgan fingerprint density at radius 1 is 1.04 bits per heavy atom. The van der Waals surface area contributed by atoms with Crippen molar-refractivity contribution < 1.29 is 0 Å². The zero-order chi connectivity index (χ0) is 16.2. The maximum Gasteiger partial charge on any atom is 0.225 e. The minimum atomic E-state index is 0.511. The first-order valence-electron chi connectivity index (χ1n) is 6.86. The lowest BCUT2D eigenvalue weighted by Crippen LogP contribution is -2.02. The lowest BCUT2D eigenvalue weighted by molar-refractivity contribution is 1.14. The Hall–Kier alpha value is -1.93. The second kappa shape index (κ2) is 7.10. The average Bonchev–Trinajstić information content (AvgIpc) is 2.58. The second-order valence-electron chi connectivity index (χ2n) is 4.68. The average molecular weight is 438 g/mol. The topological polar surface area (TPSA) is 62.7 Å². The van der Waals surface area contributed by atoms with Crippen molar-refractivity contribution in [3.8, 4) is 11.4 Å². The molecule has 0 aliphatic heterocycles. The Morgan fingerprint density at radius 2 is 1.91 bits per heavy atom. The molecule has 0 atom stereocenters. The summed E-state index contributed by atoms with van der Waals surface area (Å²) < 4.78 is 1.07. The molecule has 0 saturated heterocycles. The molecule has 2 heterocycles. The van der Waals surface area contributed by atoms with E-state index < -0.39 is 0 Å². The van der Waals surface area contributed by atoms with Gasteiger partial charge in [0.15, 0.2) is 0 Å². The Labute approximate surface area is 152 Å². The van der Waals surface area contributed by atoms with Crippen molar-refractivity contribution in [2.75, 3.05) is 17.7 Å². The molecule has 7 heteroatoms. The van der Waals surface area contributed by atoms with Crippen molar-refractivity contribution in [2.24, 2.45) is 0 Å². The molecule has 0 aliphatic carbocycles. The molecule has 0 unspecified atom stereocenters. The maximum atomic E-state index is 6.27. The van der Waals surface area contributed by atoms with Crippen LogP contribution in [0.5, 0.6) is 0 Å². The van der Waals surface area contributed by atoms with E-state index >= 15 is 0 Å². The first-order valence-corrected chi connectivity index (χ1v) is 8.31. The third-order valence-corrected chi connectivity index (χ3v) is 4.05. The van der Waals surface area contributed by atoms with Crippen LogP contribution in [-0.4, -0.2) is 22.0 Å². The fraction of sp³-hybridized carbons (Fsp3) is 0.0625. The van der Waals surface area contributed by atoms with Crippen LogP contribution in [0.25, 0.3) is 11.4 Å². The Bertz CT molecular complexity index is 826. The minimum Gasteiger partial charge on any atom is -0.357 e. The van der Waals surface area contributed by atoms with Crippen molar-refractivity contribution in [3.63, 3.8) is 0 Å². The first-order chi connectivity index (χ1) is 11.2. The lowest BCUT2D eigenvalue weighted by Gasteiger charge is -2.11. The summed E-state index contributed by atoms with van der Waals surface area (Å²) >= 11 is 8.49. The van der Waals surface area contributed by atoms with Gasteiger partial charge in [-0.25, -0.2) is 4.98 Å². The van der Waals surface area contributed by atoms with Gasteiger partial charge in [0.2, 0.25) is 5.95 Å². The van der Waals surface area contributed by atoms with E-state index in [1.807, 2.05) is 42.5 Å². The summed E-state index contributed by atoms with van der Waals surface area (Å²) in [5, 5.41) is 6.83. The molecule has 116 valence electrons. The molecule has 0 saturated carbocycles. The van der Waals surface area contributed by atoms with Crippen molar-refractivity contribution in [3.05, 3.63) is 57.3 Å². The van der Waals surface area contributed by atoms with E-state index in [-0.39, 0.29) is 0 Å². The highest BCUT2D eigenvalue weighted by Crippen LogP contribution is 2.28. The van der Waals surface area contributed by atoms with Gasteiger partial charge in [-0.1, -0.05) is 17.7 Å². The number of benzene rings is 1. The van der Waals surface area contributed by atoms with Crippen molar-refractivity contribution in [2.45, 2.75) is 0 Å². The molecule has 3 rings (SSSR count). The van der Waals surface area contributed by atoms with Gasteiger partial charge in [-0.05, 0) is 52.9 Å². The van der Waals surface area contributed by atoms with Crippen LogP contribution in [0.15, 0.2) is 48.7 Å². The monoisotopic (exact) mass is 437 g/mol. The highest BCUT2D eigenvalue weighted by atomic mass is 127. The Kier molecular flexibility index (Phi) is 4.92. The van der Waals surface area contributed by atoms with Crippen LogP contribution in [0.4, 0.5) is 17.5 Å². The van der Waals surface area contributed by atoms with Gasteiger partial charge >= 0.3 is 0 Å². The second-order valence-corrected chi connectivity index (χ2v) is 6.33. The fourth-order valence-corrected chi connectivity index (χ4v) is 2.90. The number of anilines is 3. The third kappa shape index (κ3) is 3.89. The number of aromatic nitrogens is 3. The van der Waals surface area contributed by atoms with Gasteiger partial charge in [0.25, 0.3) is 0 Å². The van der Waals surface area contributed by atoms with E-state index in [0.717, 1.165) is 20.6 Å². The molecular weight excluding hydrogens is 425 g/mol. The van der Waals surface area contributed by atoms with E-state index in [2.05, 4.69) is 48.2 Å². The van der Waals surface area contributed by atoms with Crippen molar-refractivity contribution >= 4 is 51.6 Å². The van der Waals surface area contributed by atoms with Gasteiger partial charge in [0.1, 0.15) is 5.82 Å². The van der Waals surface area contributed by atoms with Crippen LogP contribution in [0.1, 0.15) is 0 Å². The van der Waals surface area contributed by atoms with Gasteiger partial charge in [-0.2, -0.15) is 4.98 Å². The van der Waals surface area contributed by atoms with Crippen LogP contribution < -0.4 is 10.6 Å². The molecule has 0 spiro atoms. The first kappa shape index (κ1) is 15.9. The van der Waals surface area contributed by atoms with Crippen LogP contribution in [-0.2, 0) is 0 Å². The molecule has 0 bridgehead atoms. The predicted molar refractivity (Wildman–Crippen MR) is 102 cm³/mol. The number of nitrogens with one attached hydrogen (secondary N) is 2. The number of rotatable bonds is 4. The van der Waals surface area contributed by atoms with Crippen LogP contribution in [0, 0.1) is 3.57 Å². The summed E-state index contributed by atoms with van der Waals surface area (Å²) in [5.74, 6) is 1.16. The number of hydrogen-bond acceptors (Lipinski definition) is 5. The summed E-state index contributed by atoms with van der Waals surface area (Å²) in [5.41, 5.74) is 2.30. The highest BCUT2D eigenvalue weighted by molar-refractivity contribution is 14.1. The van der Waals surface area contributed by atoms with Crippen LogP contribution in [0.3, 0.4) is 0 Å². The number of halogens is 2. The predicted octanol–water partition coefficient (Wildman–Crippen LogP) is 4.58. The van der Waals surface area contributed by atoms with Crippen molar-refractivity contribution in [1.82, 2.24) is 15.0 Å². The molecule has 3 aromatic rings. The number of hydrogen-bond donors (Lipinski definition) is 2. The van der Waals surface area contributed by atoms with E-state index in [1.54, 1.807) is 13.2 Å². The maximum absolute atomic E-state index is 6.27. The smallest absolute Gasteiger partial charge is 0.225 e. The molecule has 0 fully saturated rings. The van der Waals surface area contributed by atoms with E-state index in [0.29, 0.717) is 16.8 Å². The standard InChI is InChI=1S/C16H13ClIN5/c1-19-16-22-14(13-4-2-3-7-20-13)9-15(23-16)21-12-6-5-10(18)8-11(12)17/h2-9H,1H3,(H2,19,21,22,23). The zero-order valence-corrected chi connectivity index (χ0v) is 15.1.